The van der Waals surface area contributed by atoms with E-state index in [-0.39, 0.29) is 18.5 Å². The fourth-order valence-electron chi connectivity index (χ4n) is 2.73. The number of carbonyl (C=O) groups is 1. The first-order chi connectivity index (χ1) is 12.1. The third kappa shape index (κ3) is 3.52. The molecule has 1 aromatic heterocycles. The molecule has 1 amide bonds. The average Bonchev–Trinajstić information content (AvgIpc) is 2.90. The van der Waals surface area contributed by atoms with Crippen molar-refractivity contribution in [3.05, 3.63) is 54.6 Å². The van der Waals surface area contributed by atoms with Gasteiger partial charge in [-0.1, -0.05) is 36.4 Å². The number of fused-ring (bicyclic) bond motifs is 1. The number of nitrogens with zero attached hydrogens (tertiary/aromatic N) is 3. The van der Waals surface area contributed by atoms with Gasteiger partial charge in [0.05, 0.1) is 12.1 Å². The highest BCUT2D eigenvalue weighted by Gasteiger charge is 2.18. The van der Waals surface area contributed by atoms with Gasteiger partial charge in [0, 0.05) is 17.1 Å². The Kier molecular flexibility index (Phi) is 4.79. The number of aromatic nitrogens is 1. The summed E-state index contributed by atoms with van der Waals surface area (Å²) in [7, 11) is 0. The molecule has 0 atom stereocenters. The Morgan fingerprint density at radius 2 is 1.80 bits per heavy atom. The van der Waals surface area contributed by atoms with Crippen LogP contribution in [0.3, 0.4) is 0 Å². The van der Waals surface area contributed by atoms with Crippen molar-refractivity contribution in [1.29, 1.82) is 0 Å². The minimum atomic E-state index is -0.412. The molecular formula is C19H20N4O2. The Morgan fingerprint density at radius 3 is 2.52 bits per heavy atom. The highest BCUT2D eigenvalue weighted by atomic mass is 16.3. The summed E-state index contributed by atoms with van der Waals surface area (Å²) in [5, 5.41) is 22.0. The first-order valence-corrected chi connectivity index (χ1v) is 8.13. The Bertz CT molecular complexity index is 914. The molecule has 25 heavy (non-hydrogen) atoms. The van der Waals surface area contributed by atoms with Crippen LogP contribution in [-0.4, -0.2) is 22.1 Å². The van der Waals surface area contributed by atoms with Crippen LogP contribution < -0.4 is 5.32 Å². The lowest BCUT2D eigenvalue weighted by atomic mass is 10.2. The van der Waals surface area contributed by atoms with E-state index in [0.29, 0.717) is 5.69 Å². The molecule has 3 rings (SSSR count). The molecule has 0 aliphatic carbocycles. The molecule has 0 fully saturated rings. The lowest BCUT2D eigenvalue weighted by molar-refractivity contribution is -0.116. The van der Waals surface area contributed by atoms with Gasteiger partial charge in [-0.25, -0.2) is 0 Å². The van der Waals surface area contributed by atoms with E-state index in [1.165, 1.54) is 0 Å². The van der Waals surface area contributed by atoms with E-state index in [1.807, 2.05) is 68.4 Å². The second-order valence-corrected chi connectivity index (χ2v) is 5.97. The normalized spacial score (nSPS) is 11.5. The molecule has 6 nitrogen and oxygen atoms in total. The zero-order chi connectivity index (χ0) is 17.8. The van der Waals surface area contributed by atoms with E-state index in [9.17, 15) is 9.90 Å². The van der Waals surface area contributed by atoms with Gasteiger partial charge >= 0.3 is 0 Å². The number of nitrogens with one attached hydrogen (secondary N) is 1. The quantitative estimate of drug-likeness (QED) is 0.666. The summed E-state index contributed by atoms with van der Waals surface area (Å²) in [4.78, 5) is 12.0. The standard InChI is InChI=1S/C19H20N4O2/c1-13(2)23-16-11-7-6-10-15(16)18(19(23)25)22-21-17(24)12-20-14-8-4-3-5-9-14/h3-11,13,20,25H,12H2,1-2H3. The number of rotatable bonds is 5. The third-order valence-electron chi connectivity index (χ3n) is 3.85. The van der Waals surface area contributed by atoms with Gasteiger partial charge in [-0.05, 0) is 32.0 Å². The molecule has 2 aromatic carbocycles. The second-order valence-electron chi connectivity index (χ2n) is 5.97. The molecule has 2 N–H and O–H groups in total. The minimum Gasteiger partial charge on any atom is -0.493 e. The molecule has 0 unspecified atom stereocenters. The maximum absolute atomic E-state index is 12.0. The number of anilines is 1. The Balaban J connectivity index is 1.81. The monoisotopic (exact) mass is 336 g/mol. The number of carbonyl (C=O) groups excluding carboxylic acids is 1. The molecule has 1 heterocycles. The smallest absolute Gasteiger partial charge is 0.283 e. The van der Waals surface area contributed by atoms with E-state index in [1.54, 1.807) is 4.57 Å². The van der Waals surface area contributed by atoms with Crippen LogP contribution in [0.15, 0.2) is 64.8 Å². The second kappa shape index (κ2) is 7.17. The Morgan fingerprint density at radius 1 is 1.12 bits per heavy atom. The topological polar surface area (TPSA) is 79.0 Å². The molecule has 0 bridgehead atoms. The molecule has 0 aliphatic rings. The van der Waals surface area contributed by atoms with E-state index >= 15 is 0 Å². The van der Waals surface area contributed by atoms with Gasteiger partial charge in [0.1, 0.15) is 0 Å². The van der Waals surface area contributed by atoms with Crippen molar-refractivity contribution in [2.45, 2.75) is 19.9 Å². The van der Waals surface area contributed by atoms with Crippen LogP contribution in [0.4, 0.5) is 11.4 Å². The first-order valence-electron chi connectivity index (χ1n) is 8.13. The third-order valence-corrected chi connectivity index (χ3v) is 3.85. The molecule has 3 aromatic rings. The van der Waals surface area contributed by atoms with Crippen LogP contribution in [0.5, 0.6) is 5.88 Å². The van der Waals surface area contributed by atoms with Crippen molar-refractivity contribution in [3.63, 3.8) is 0 Å². The minimum absolute atomic E-state index is 0.0174. The number of benzene rings is 2. The predicted molar refractivity (Wildman–Crippen MR) is 98.4 cm³/mol. The van der Waals surface area contributed by atoms with Gasteiger partial charge in [0.25, 0.3) is 5.91 Å². The summed E-state index contributed by atoms with van der Waals surface area (Å²) in [5.74, 6) is -0.395. The number of azo groups is 1. The molecule has 0 spiro atoms. The van der Waals surface area contributed by atoms with Crippen molar-refractivity contribution >= 4 is 28.2 Å². The zero-order valence-corrected chi connectivity index (χ0v) is 14.2. The highest BCUT2D eigenvalue weighted by Crippen LogP contribution is 2.40. The summed E-state index contributed by atoms with van der Waals surface area (Å²) in [6, 6.07) is 17.0. The van der Waals surface area contributed by atoms with E-state index in [2.05, 4.69) is 15.5 Å². The molecule has 0 saturated heterocycles. The van der Waals surface area contributed by atoms with E-state index < -0.39 is 5.91 Å². The number of aromatic hydroxyl groups is 1. The average molecular weight is 336 g/mol. The lowest BCUT2D eigenvalue weighted by Gasteiger charge is -2.10. The van der Waals surface area contributed by atoms with Crippen molar-refractivity contribution in [2.75, 3.05) is 11.9 Å². The van der Waals surface area contributed by atoms with Crippen LogP contribution in [0.25, 0.3) is 10.9 Å². The summed E-state index contributed by atoms with van der Waals surface area (Å²) in [5.41, 5.74) is 2.02. The van der Waals surface area contributed by atoms with Gasteiger partial charge in [0.15, 0.2) is 5.69 Å². The van der Waals surface area contributed by atoms with Gasteiger partial charge in [-0.2, -0.15) is 0 Å². The number of amides is 1. The van der Waals surface area contributed by atoms with Crippen molar-refractivity contribution < 1.29 is 9.90 Å². The molecule has 6 heteroatoms. The van der Waals surface area contributed by atoms with E-state index in [4.69, 9.17) is 0 Å². The zero-order valence-electron chi connectivity index (χ0n) is 14.2. The molecule has 0 saturated carbocycles. The largest absolute Gasteiger partial charge is 0.493 e. The van der Waals surface area contributed by atoms with Crippen LogP contribution in [0, 0.1) is 0 Å². The van der Waals surface area contributed by atoms with Crippen molar-refractivity contribution in [1.82, 2.24) is 4.57 Å². The van der Waals surface area contributed by atoms with Crippen molar-refractivity contribution in [3.8, 4) is 5.88 Å². The SMILES string of the molecule is CC(C)n1c(O)c(N=NC(=O)CNc2ccccc2)c2ccccc21. The molecular weight excluding hydrogens is 316 g/mol. The van der Waals surface area contributed by atoms with Gasteiger partial charge in [-0.3, -0.25) is 4.79 Å². The highest BCUT2D eigenvalue weighted by molar-refractivity contribution is 5.95. The summed E-state index contributed by atoms with van der Waals surface area (Å²) < 4.78 is 1.77. The maximum Gasteiger partial charge on any atom is 0.283 e. The van der Waals surface area contributed by atoms with Gasteiger partial charge in [-0.15, -0.1) is 10.2 Å². The van der Waals surface area contributed by atoms with Crippen LogP contribution in [-0.2, 0) is 4.79 Å². The van der Waals surface area contributed by atoms with E-state index in [0.717, 1.165) is 16.6 Å². The summed E-state index contributed by atoms with van der Waals surface area (Å²) >= 11 is 0. The molecule has 0 radical (unpaired) electrons. The van der Waals surface area contributed by atoms with Gasteiger partial charge in [0.2, 0.25) is 5.88 Å². The lowest BCUT2D eigenvalue weighted by Crippen LogP contribution is -2.10. The maximum atomic E-state index is 12.0. The molecule has 0 aliphatic heterocycles. The Hall–Kier alpha value is -3.15. The number of hydrogen-bond donors (Lipinski definition) is 2. The molecule has 128 valence electrons. The van der Waals surface area contributed by atoms with Gasteiger partial charge < -0.3 is 15.0 Å². The van der Waals surface area contributed by atoms with Crippen LogP contribution in [0.2, 0.25) is 0 Å². The van der Waals surface area contributed by atoms with Crippen LogP contribution >= 0.6 is 0 Å². The summed E-state index contributed by atoms with van der Waals surface area (Å²) in [6.07, 6.45) is 0. The fraction of sp³-hybridized carbons (Fsp3) is 0.211. The fourth-order valence-corrected chi connectivity index (χ4v) is 2.73. The first kappa shape index (κ1) is 16.7. The Labute approximate surface area is 145 Å². The van der Waals surface area contributed by atoms with Crippen LogP contribution in [0.1, 0.15) is 19.9 Å². The number of hydrogen-bond acceptors (Lipinski definition) is 4. The number of para-hydroxylation sites is 2. The van der Waals surface area contributed by atoms with Crippen molar-refractivity contribution in [2.24, 2.45) is 10.2 Å². The summed E-state index contributed by atoms with van der Waals surface area (Å²) in [6.45, 7) is 3.99. The predicted octanol–water partition coefficient (Wildman–Crippen LogP) is 4.65.